The first-order chi connectivity index (χ1) is 13.0. The van der Waals surface area contributed by atoms with E-state index in [1.807, 2.05) is 0 Å². The fraction of sp³-hybridized carbons (Fsp3) is 0.478. The Bertz CT molecular complexity index is 746. The zero-order valence-corrected chi connectivity index (χ0v) is 16.7. The quantitative estimate of drug-likeness (QED) is 0.520. The lowest BCUT2D eigenvalue weighted by Crippen LogP contribution is -2.37. The van der Waals surface area contributed by atoms with Crippen molar-refractivity contribution in [3.8, 4) is 5.75 Å². The van der Waals surface area contributed by atoms with Crippen molar-refractivity contribution >= 4 is 0 Å². The summed E-state index contributed by atoms with van der Waals surface area (Å²) in [5, 5.41) is 10.3. The second-order valence-electron chi connectivity index (χ2n) is 7.62. The summed E-state index contributed by atoms with van der Waals surface area (Å²) < 4.78 is 10.6. The van der Waals surface area contributed by atoms with Gasteiger partial charge in [-0.15, -0.1) is 0 Å². The molecule has 1 saturated carbocycles. The molecule has 4 heteroatoms. The van der Waals surface area contributed by atoms with Gasteiger partial charge in [0.15, 0.2) is 11.5 Å². The van der Waals surface area contributed by atoms with E-state index in [4.69, 9.17) is 9.47 Å². The molecule has 0 bridgehead atoms. The van der Waals surface area contributed by atoms with Crippen LogP contribution in [0.5, 0.6) is 5.75 Å². The van der Waals surface area contributed by atoms with Crippen molar-refractivity contribution in [2.75, 3.05) is 27.3 Å². The van der Waals surface area contributed by atoms with Gasteiger partial charge in [0.2, 0.25) is 0 Å². The van der Waals surface area contributed by atoms with Crippen LogP contribution in [-0.2, 0) is 11.2 Å². The zero-order chi connectivity index (χ0) is 19.4. The molecule has 0 amide bonds. The number of aliphatic hydroxyl groups excluding tert-OH is 1. The van der Waals surface area contributed by atoms with E-state index < -0.39 is 0 Å². The summed E-state index contributed by atoms with van der Waals surface area (Å²) in [4.78, 5) is 2.62. The lowest BCUT2D eigenvalue weighted by atomic mass is 9.88. The van der Waals surface area contributed by atoms with E-state index in [0.717, 1.165) is 36.6 Å². The van der Waals surface area contributed by atoms with Gasteiger partial charge in [-0.2, -0.15) is 0 Å². The number of benzene rings is 1. The maximum Gasteiger partial charge on any atom is 0.159 e. The highest BCUT2D eigenvalue weighted by Gasteiger charge is 2.32. The highest BCUT2D eigenvalue weighted by atomic mass is 16.5. The first-order valence-electron chi connectivity index (χ1n) is 9.73. The average molecular weight is 370 g/mol. The van der Waals surface area contributed by atoms with Crippen molar-refractivity contribution in [3.63, 3.8) is 0 Å². The number of allylic oxidation sites excluding steroid dienone is 2. The number of fused-ring (bicyclic) bond motifs is 1. The molecule has 0 radical (unpaired) electrons. The Labute approximate surface area is 162 Å². The van der Waals surface area contributed by atoms with Crippen LogP contribution in [-0.4, -0.2) is 37.3 Å². The minimum Gasteiger partial charge on any atom is -0.504 e. The number of hydrogen-bond donors (Lipinski definition) is 1. The molecular formula is C23H31NO3. The van der Waals surface area contributed by atoms with Gasteiger partial charge in [0, 0.05) is 19.1 Å². The number of aliphatic hydroxyl groups is 1. The molecule has 0 spiro atoms. The first kappa shape index (κ1) is 19.6. The third-order valence-electron chi connectivity index (χ3n) is 5.56. The molecule has 1 aromatic rings. The van der Waals surface area contributed by atoms with Crippen LogP contribution in [0.1, 0.15) is 43.4 Å². The predicted octanol–water partition coefficient (Wildman–Crippen LogP) is 4.94. The van der Waals surface area contributed by atoms with Crippen LogP contribution >= 0.6 is 0 Å². The Morgan fingerprint density at radius 1 is 1.33 bits per heavy atom. The highest BCUT2D eigenvalue weighted by Crippen LogP contribution is 2.39. The van der Waals surface area contributed by atoms with Gasteiger partial charge in [-0.3, -0.25) is 4.90 Å². The molecular weight excluding hydrogens is 338 g/mol. The molecule has 2 aliphatic rings. The molecule has 27 heavy (non-hydrogen) atoms. The maximum absolute atomic E-state index is 10.3. The predicted molar refractivity (Wildman–Crippen MR) is 109 cm³/mol. The molecule has 1 fully saturated rings. The second-order valence-corrected chi connectivity index (χ2v) is 7.62. The SMILES string of the molecule is C=C/C(OC)=C(O)\C=C(/C)C[C@@H]1c2ccc(OC)cc2CCN1CC1CC1. The zero-order valence-electron chi connectivity index (χ0n) is 16.7. The van der Waals surface area contributed by atoms with Gasteiger partial charge < -0.3 is 14.6 Å². The number of hydrogen-bond acceptors (Lipinski definition) is 4. The molecule has 1 aliphatic carbocycles. The number of nitrogens with zero attached hydrogens (tertiary/aromatic N) is 1. The van der Waals surface area contributed by atoms with E-state index in [9.17, 15) is 5.11 Å². The van der Waals surface area contributed by atoms with E-state index in [2.05, 4.69) is 36.6 Å². The van der Waals surface area contributed by atoms with Crippen LogP contribution in [0.25, 0.3) is 0 Å². The molecule has 0 aromatic heterocycles. The van der Waals surface area contributed by atoms with E-state index in [1.165, 1.54) is 36.6 Å². The van der Waals surface area contributed by atoms with Crippen molar-refractivity contribution in [3.05, 3.63) is 65.1 Å². The number of rotatable bonds is 8. The van der Waals surface area contributed by atoms with E-state index in [1.54, 1.807) is 20.3 Å². The molecule has 4 nitrogen and oxygen atoms in total. The number of ether oxygens (including phenoxy) is 2. The van der Waals surface area contributed by atoms with Crippen molar-refractivity contribution in [2.24, 2.45) is 5.92 Å². The topological polar surface area (TPSA) is 41.9 Å². The Balaban J connectivity index is 1.86. The Hall–Kier alpha value is -2.20. The minimum atomic E-state index is 0.129. The molecule has 1 heterocycles. The summed E-state index contributed by atoms with van der Waals surface area (Å²) in [6.45, 7) is 7.99. The van der Waals surface area contributed by atoms with Crippen molar-refractivity contribution in [1.29, 1.82) is 0 Å². The largest absolute Gasteiger partial charge is 0.504 e. The fourth-order valence-corrected chi connectivity index (χ4v) is 3.92. The maximum atomic E-state index is 10.3. The van der Waals surface area contributed by atoms with Crippen molar-refractivity contribution in [2.45, 2.75) is 38.6 Å². The number of methoxy groups -OCH3 is 2. The van der Waals surface area contributed by atoms with Gasteiger partial charge in [-0.05, 0) is 73.9 Å². The minimum absolute atomic E-state index is 0.129. The normalized spacial score (nSPS) is 21.3. The molecule has 0 saturated heterocycles. The summed E-state index contributed by atoms with van der Waals surface area (Å²) in [7, 11) is 3.26. The summed E-state index contributed by atoms with van der Waals surface area (Å²) >= 11 is 0. The van der Waals surface area contributed by atoms with Crippen molar-refractivity contribution < 1.29 is 14.6 Å². The lowest BCUT2D eigenvalue weighted by Gasteiger charge is -2.38. The van der Waals surface area contributed by atoms with Gasteiger partial charge >= 0.3 is 0 Å². The summed E-state index contributed by atoms with van der Waals surface area (Å²) in [5.74, 6) is 2.31. The van der Waals surface area contributed by atoms with Gasteiger partial charge in [-0.25, -0.2) is 0 Å². The molecule has 1 aromatic carbocycles. The first-order valence-corrected chi connectivity index (χ1v) is 9.73. The summed E-state index contributed by atoms with van der Waals surface area (Å²) in [5.41, 5.74) is 3.88. The molecule has 1 aliphatic heterocycles. The lowest BCUT2D eigenvalue weighted by molar-refractivity contribution is 0.175. The van der Waals surface area contributed by atoms with Gasteiger partial charge in [0.25, 0.3) is 0 Å². The van der Waals surface area contributed by atoms with E-state index in [0.29, 0.717) is 11.8 Å². The third-order valence-corrected chi connectivity index (χ3v) is 5.56. The fourth-order valence-electron chi connectivity index (χ4n) is 3.92. The Morgan fingerprint density at radius 2 is 2.11 bits per heavy atom. The average Bonchev–Trinajstić information content (AvgIpc) is 3.48. The molecule has 1 N–H and O–H groups in total. The molecule has 1 atom stereocenters. The van der Waals surface area contributed by atoms with Crippen LogP contribution in [0.4, 0.5) is 0 Å². The molecule has 146 valence electrons. The Morgan fingerprint density at radius 3 is 2.74 bits per heavy atom. The molecule has 0 unspecified atom stereocenters. The Kier molecular flexibility index (Phi) is 6.27. The van der Waals surface area contributed by atoms with Crippen LogP contribution in [0, 0.1) is 5.92 Å². The molecule has 3 rings (SSSR count). The van der Waals surface area contributed by atoms with Crippen LogP contribution in [0.15, 0.2) is 54.0 Å². The smallest absolute Gasteiger partial charge is 0.159 e. The monoisotopic (exact) mass is 369 g/mol. The van der Waals surface area contributed by atoms with Gasteiger partial charge in [-0.1, -0.05) is 18.2 Å². The van der Waals surface area contributed by atoms with Gasteiger partial charge in [0.1, 0.15) is 5.75 Å². The third kappa shape index (κ3) is 4.75. The van der Waals surface area contributed by atoms with Crippen LogP contribution in [0.2, 0.25) is 0 Å². The van der Waals surface area contributed by atoms with Crippen molar-refractivity contribution in [1.82, 2.24) is 4.90 Å². The summed E-state index contributed by atoms with van der Waals surface area (Å²) in [6, 6.07) is 6.78. The second kappa shape index (κ2) is 8.66. The standard InChI is InChI=1S/C23H31NO3/c1-5-23(27-4)22(25)13-16(2)12-21-20-9-8-19(26-3)14-18(20)10-11-24(21)15-17-6-7-17/h5,8-9,13-14,17,21,25H,1,6-7,10-12,15H2,2-4H3/b16-13+,23-22-/t21-/m1/s1. The highest BCUT2D eigenvalue weighted by molar-refractivity contribution is 5.40. The summed E-state index contributed by atoms with van der Waals surface area (Å²) in [6.07, 6.45) is 7.98. The van der Waals surface area contributed by atoms with E-state index >= 15 is 0 Å². The van der Waals surface area contributed by atoms with Gasteiger partial charge in [0.05, 0.1) is 14.2 Å². The van der Waals surface area contributed by atoms with Crippen LogP contribution in [0.3, 0.4) is 0 Å². The van der Waals surface area contributed by atoms with E-state index in [-0.39, 0.29) is 5.76 Å². The van der Waals surface area contributed by atoms with Crippen LogP contribution < -0.4 is 4.74 Å².